The molecule has 0 bridgehead atoms. The summed E-state index contributed by atoms with van der Waals surface area (Å²) >= 11 is 5.20. The molecular formula is C10H18N2O2S2. The summed E-state index contributed by atoms with van der Waals surface area (Å²) in [5.41, 5.74) is -0.385. The van der Waals surface area contributed by atoms with Crippen LogP contribution in [0, 0.1) is 0 Å². The Morgan fingerprint density at radius 1 is 1.69 bits per heavy atom. The van der Waals surface area contributed by atoms with E-state index >= 15 is 0 Å². The average molecular weight is 262 g/mol. The van der Waals surface area contributed by atoms with Crippen molar-refractivity contribution in [3.8, 4) is 0 Å². The van der Waals surface area contributed by atoms with Gasteiger partial charge in [0.1, 0.15) is 0 Å². The summed E-state index contributed by atoms with van der Waals surface area (Å²) in [4.78, 5) is 1.84. The molecule has 1 aliphatic heterocycles. The third kappa shape index (κ3) is 2.95. The number of rotatable bonds is 3. The van der Waals surface area contributed by atoms with Crippen molar-refractivity contribution >= 4 is 27.2 Å². The second-order valence-corrected chi connectivity index (χ2v) is 6.94. The fraction of sp³-hybridized carbons (Fsp3) is 0.700. The minimum atomic E-state index is -2.90. The van der Waals surface area contributed by atoms with Crippen LogP contribution in [0.15, 0.2) is 12.7 Å². The first-order valence-electron chi connectivity index (χ1n) is 5.14. The van der Waals surface area contributed by atoms with E-state index in [2.05, 4.69) is 11.9 Å². The second kappa shape index (κ2) is 4.71. The predicted octanol–water partition coefficient (Wildman–Crippen LogP) is 0.556. The molecule has 6 heteroatoms. The van der Waals surface area contributed by atoms with E-state index in [1.807, 2.05) is 18.9 Å². The van der Waals surface area contributed by atoms with Gasteiger partial charge in [-0.2, -0.15) is 0 Å². The highest BCUT2D eigenvalue weighted by Gasteiger charge is 2.42. The van der Waals surface area contributed by atoms with Gasteiger partial charge in [-0.25, -0.2) is 8.42 Å². The molecule has 0 aromatic heterocycles. The Bertz CT molecular complexity index is 392. The van der Waals surface area contributed by atoms with Crippen LogP contribution in [0.3, 0.4) is 0 Å². The van der Waals surface area contributed by atoms with Crippen molar-refractivity contribution in [2.45, 2.75) is 18.9 Å². The summed E-state index contributed by atoms with van der Waals surface area (Å²) in [6.45, 7) is 6.11. The molecule has 16 heavy (non-hydrogen) atoms. The van der Waals surface area contributed by atoms with Crippen LogP contribution in [0.25, 0.3) is 0 Å². The lowest BCUT2D eigenvalue weighted by molar-refractivity contribution is 0.260. The van der Waals surface area contributed by atoms with E-state index in [9.17, 15) is 8.42 Å². The van der Waals surface area contributed by atoms with Crippen molar-refractivity contribution in [3.05, 3.63) is 12.7 Å². The van der Waals surface area contributed by atoms with Crippen LogP contribution in [0.2, 0.25) is 0 Å². The number of hydrogen-bond donors (Lipinski definition) is 1. The molecule has 4 nitrogen and oxygen atoms in total. The van der Waals surface area contributed by atoms with Crippen LogP contribution in [0.5, 0.6) is 0 Å². The zero-order valence-corrected chi connectivity index (χ0v) is 11.3. The molecule has 0 saturated carbocycles. The summed E-state index contributed by atoms with van der Waals surface area (Å²) in [7, 11) is -1.07. The number of hydrogen-bond acceptors (Lipinski definition) is 3. The highest BCUT2D eigenvalue weighted by molar-refractivity contribution is 7.91. The maximum atomic E-state index is 11.5. The second-order valence-electron chi connectivity index (χ2n) is 4.37. The van der Waals surface area contributed by atoms with Crippen molar-refractivity contribution in [2.24, 2.45) is 0 Å². The maximum absolute atomic E-state index is 11.5. The molecule has 1 aliphatic rings. The van der Waals surface area contributed by atoms with E-state index in [1.165, 1.54) is 0 Å². The van der Waals surface area contributed by atoms with Gasteiger partial charge in [0, 0.05) is 13.6 Å². The normalized spacial score (nSPS) is 27.4. The lowest BCUT2D eigenvalue weighted by Crippen LogP contribution is -2.52. The molecule has 0 aromatic carbocycles. The molecule has 1 unspecified atom stereocenters. The number of thiocarbonyl (C=S) groups is 1. The maximum Gasteiger partial charge on any atom is 0.169 e. The van der Waals surface area contributed by atoms with Crippen LogP contribution in [-0.4, -0.2) is 49.1 Å². The Hall–Kier alpha value is -0.620. The van der Waals surface area contributed by atoms with Gasteiger partial charge in [0.05, 0.1) is 17.0 Å². The molecule has 0 amide bonds. The van der Waals surface area contributed by atoms with Gasteiger partial charge in [0.2, 0.25) is 0 Å². The molecule has 1 heterocycles. The summed E-state index contributed by atoms with van der Waals surface area (Å²) in [5, 5.41) is 3.58. The fourth-order valence-corrected chi connectivity index (χ4v) is 4.27. The minimum Gasteiger partial charge on any atom is -0.359 e. The van der Waals surface area contributed by atoms with Gasteiger partial charge in [-0.05, 0) is 25.6 Å². The molecule has 1 fully saturated rings. The Labute approximate surface area is 103 Å². The molecular weight excluding hydrogens is 244 g/mol. The van der Waals surface area contributed by atoms with Crippen LogP contribution >= 0.6 is 12.2 Å². The summed E-state index contributed by atoms with van der Waals surface area (Å²) < 4.78 is 23.0. The highest BCUT2D eigenvalue weighted by atomic mass is 32.2. The van der Waals surface area contributed by atoms with Gasteiger partial charge in [-0.15, -0.1) is 6.58 Å². The number of nitrogens with zero attached hydrogens (tertiary/aromatic N) is 1. The van der Waals surface area contributed by atoms with Crippen LogP contribution < -0.4 is 5.32 Å². The van der Waals surface area contributed by atoms with Crippen molar-refractivity contribution in [2.75, 3.05) is 25.1 Å². The van der Waals surface area contributed by atoms with Crippen LogP contribution in [0.1, 0.15) is 13.3 Å². The molecule has 1 saturated heterocycles. The van der Waals surface area contributed by atoms with E-state index in [0.717, 1.165) is 0 Å². The molecule has 1 rings (SSSR count). The van der Waals surface area contributed by atoms with Crippen molar-refractivity contribution in [3.63, 3.8) is 0 Å². The van der Waals surface area contributed by atoms with E-state index in [-0.39, 0.29) is 17.0 Å². The zero-order chi connectivity index (χ0) is 12.4. The summed E-state index contributed by atoms with van der Waals surface area (Å²) in [6.07, 6.45) is 2.34. The topological polar surface area (TPSA) is 49.4 Å². The quantitative estimate of drug-likeness (QED) is 0.595. The lowest BCUT2D eigenvalue weighted by Gasteiger charge is -2.36. The van der Waals surface area contributed by atoms with Crippen molar-refractivity contribution in [1.82, 2.24) is 10.2 Å². The SMILES string of the molecule is C=CCNC(=S)N(C)C1(C)CCS(=O)(=O)C1. The Balaban J connectivity index is 2.70. The number of nitrogens with one attached hydrogen (secondary N) is 1. The van der Waals surface area contributed by atoms with Gasteiger partial charge >= 0.3 is 0 Å². The first-order valence-corrected chi connectivity index (χ1v) is 7.37. The van der Waals surface area contributed by atoms with Crippen molar-refractivity contribution < 1.29 is 8.42 Å². The van der Waals surface area contributed by atoms with Gasteiger partial charge in [-0.3, -0.25) is 0 Å². The third-order valence-corrected chi connectivity index (χ3v) is 5.30. The molecule has 0 spiro atoms. The summed E-state index contributed by atoms with van der Waals surface area (Å²) in [5.74, 6) is 0.421. The van der Waals surface area contributed by atoms with Gasteiger partial charge in [0.15, 0.2) is 14.9 Å². The molecule has 0 aromatic rings. The van der Waals surface area contributed by atoms with Crippen molar-refractivity contribution in [1.29, 1.82) is 0 Å². The zero-order valence-electron chi connectivity index (χ0n) is 9.69. The monoisotopic (exact) mass is 262 g/mol. The lowest BCUT2D eigenvalue weighted by atomic mass is 10.0. The fourth-order valence-electron chi connectivity index (χ4n) is 1.78. The molecule has 0 radical (unpaired) electrons. The first-order chi connectivity index (χ1) is 7.31. The molecule has 1 N–H and O–H groups in total. The van der Waals surface area contributed by atoms with E-state index in [0.29, 0.717) is 18.1 Å². The van der Waals surface area contributed by atoms with E-state index < -0.39 is 9.84 Å². The predicted molar refractivity (Wildman–Crippen MR) is 70.2 cm³/mol. The third-order valence-electron chi connectivity index (χ3n) is 2.99. The summed E-state index contributed by atoms with van der Waals surface area (Å²) in [6, 6.07) is 0. The largest absolute Gasteiger partial charge is 0.359 e. The van der Waals surface area contributed by atoms with E-state index in [1.54, 1.807) is 6.08 Å². The molecule has 1 atom stereocenters. The standard InChI is InChI=1S/C10H18N2O2S2/c1-4-6-11-9(15)12(3)10(2)5-7-16(13,14)8-10/h4H,1,5-8H2,2-3H3,(H,11,15). The number of sulfone groups is 1. The van der Waals surface area contributed by atoms with Gasteiger partial charge in [-0.1, -0.05) is 6.08 Å². The highest BCUT2D eigenvalue weighted by Crippen LogP contribution is 2.28. The van der Waals surface area contributed by atoms with Gasteiger partial charge < -0.3 is 10.2 Å². The first kappa shape index (κ1) is 13.4. The Morgan fingerprint density at radius 3 is 2.75 bits per heavy atom. The minimum absolute atomic E-state index is 0.173. The molecule has 0 aliphatic carbocycles. The van der Waals surface area contributed by atoms with E-state index in [4.69, 9.17) is 12.2 Å². The Kier molecular flexibility index (Phi) is 3.96. The van der Waals surface area contributed by atoms with Crippen LogP contribution in [0.4, 0.5) is 0 Å². The average Bonchev–Trinajstić information content (AvgIpc) is 2.49. The smallest absolute Gasteiger partial charge is 0.169 e. The van der Waals surface area contributed by atoms with Crippen LogP contribution in [-0.2, 0) is 9.84 Å². The van der Waals surface area contributed by atoms with Gasteiger partial charge in [0.25, 0.3) is 0 Å². The Morgan fingerprint density at radius 2 is 2.31 bits per heavy atom. The molecule has 92 valence electrons.